The zero-order valence-electron chi connectivity index (χ0n) is 29.6. The number of anilines is 1. The molecule has 0 unspecified atom stereocenters. The standard InChI is InChI=1S/C41H50N4O5/c1-4-5-18-47-20-22-49-23-21-48-19-6-17-43-41(46)34-12-8-31(9-13-34)28-50-35-15-14-33(30(3)25-35)11-10-32-26-37-36-16-7-29(2)24-38(36)45-40(42)39(37)44-27-32/h7-9,12-16,24-27H,4-6,10-11,17-23,28H2,1-3H3,(H2,42,45)(H,43,46). The van der Waals surface area contributed by atoms with Crippen LogP contribution in [0.25, 0.3) is 21.8 Å². The molecule has 264 valence electrons. The van der Waals surface area contributed by atoms with E-state index >= 15 is 0 Å². The van der Waals surface area contributed by atoms with E-state index in [1.807, 2.05) is 36.5 Å². The number of nitrogens with zero attached hydrogens (tertiary/aromatic N) is 2. The van der Waals surface area contributed by atoms with Crippen molar-refractivity contribution in [3.8, 4) is 5.75 Å². The average Bonchev–Trinajstić information content (AvgIpc) is 3.12. The fourth-order valence-corrected chi connectivity index (χ4v) is 5.70. The predicted octanol–water partition coefficient (Wildman–Crippen LogP) is 7.32. The number of nitrogens with two attached hydrogens (primary N) is 1. The van der Waals surface area contributed by atoms with Gasteiger partial charge in [0, 0.05) is 42.3 Å². The first-order valence-electron chi connectivity index (χ1n) is 17.7. The molecular weight excluding hydrogens is 628 g/mol. The van der Waals surface area contributed by atoms with Crippen molar-refractivity contribution in [2.75, 3.05) is 51.9 Å². The van der Waals surface area contributed by atoms with Gasteiger partial charge in [0.25, 0.3) is 5.91 Å². The molecule has 0 atom stereocenters. The molecule has 0 aliphatic rings. The van der Waals surface area contributed by atoms with E-state index in [9.17, 15) is 4.79 Å². The number of hydrogen-bond acceptors (Lipinski definition) is 8. The molecule has 2 heterocycles. The van der Waals surface area contributed by atoms with Gasteiger partial charge in [-0.05, 0) is 104 Å². The number of amides is 1. The largest absolute Gasteiger partial charge is 0.489 e. The maximum Gasteiger partial charge on any atom is 0.251 e. The number of hydrogen-bond donors (Lipinski definition) is 2. The maximum absolute atomic E-state index is 12.6. The lowest BCUT2D eigenvalue weighted by atomic mass is 9.99. The molecule has 50 heavy (non-hydrogen) atoms. The first-order valence-corrected chi connectivity index (χ1v) is 17.7. The summed E-state index contributed by atoms with van der Waals surface area (Å²) in [4.78, 5) is 21.8. The zero-order valence-corrected chi connectivity index (χ0v) is 29.6. The van der Waals surface area contributed by atoms with Crippen molar-refractivity contribution in [1.82, 2.24) is 15.3 Å². The van der Waals surface area contributed by atoms with E-state index in [0.717, 1.165) is 83.0 Å². The summed E-state index contributed by atoms with van der Waals surface area (Å²) >= 11 is 0. The zero-order chi connectivity index (χ0) is 35.1. The number of nitrogens with one attached hydrogen (secondary N) is 1. The topological polar surface area (TPSA) is 118 Å². The van der Waals surface area contributed by atoms with Gasteiger partial charge in [-0.3, -0.25) is 9.78 Å². The minimum absolute atomic E-state index is 0.0980. The van der Waals surface area contributed by atoms with Crippen molar-refractivity contribution >= 4 is 33.5 Å². The molecule has 0 aliphatic heterocycles. The second-order valence-electron chi connectivity index (χ2n) is 12.6. The van der Waals surface area contributed by atoms with Crippen LogP contribution in [-0.4, -0.2) is 62.1 Å². The minimum atomic E-state index is -0.0980. The fraction of sp³-hybridized carbons (Fsp3) is 0.390. The number of fused-ring (bicyclic) bond motifs is 3. The first kappa shape index (κ1) is 36.7. The quantitative estimate of drug-likeness (QED) is 0.0650. The number of benzene rings is 3. The highest BCUT2D eigenvalue weighted by molar-refractivity contribution is 6.08. The summed E-state index contributed by atoms with van der Waals surface area (Å²) in [6.07, 6.45) is 6.61. The highest BCUT2D eigenvalue weighted by Gasteiger charge is 2.10. The Morgan fingerprint density at radius 1 is 0.780 bits per heavy atom. The molecule has 0 saturated heterocycles. The SMILES string of the molecule is CCCCOCCOCCOCCCNC(=O)c1ccc(COc2ccc(CCc3cnc4c(N)nc5cc(C)ccc5c4c3)c(C)c2)cc1. The summed E-state index contributed by atoms with van der Waals surface area (Å²) in [6, 6.07) is 22.2. The van der Waals surface area contributed by atoms with Gasteiger partial charge in [0.05, 0.1) is 31.9 Å². The van der Waals surface area contributed by atoms with Crippen LogP contribution in [0.2, 0.25) is 0 Å². The van der Waals surface area contributed by atoms with Crippen molar-refractivity contribution in [3.05, 3.63) is 106 Å². The molecule has 2 aromatic heterocycles. The van der Waals surface area contributed by atoms with Crippen LogP contribution < -0.4 is 15.8 Å². The number of unbranched alkanes of at least 4 members (excludes halogenated alkanes) is 1. The summed E-state index contributed by atoms with van der Waals surface area (Å²) in [7, 11) is 0. The van der Waals surface area contributed by atoms with Gasteiger partial charge in [-0.2, -0.15) is 0 Å². The molecule has 9 nitrogen and oxygen atoms in total. The Morgan fingerprint density at radius 3 is 2.26 bits per heavy atom. The number of ether oxygens (including phenoxy) is 4. The lowest BCUT2D eigenvalue weighted by Gasteiger charge is -2.12. The maximum atomic E-state index is 12.6. The van der Waals surface area contributed by atoms with Crippen molar-refractivity contribution in [3.63, 3.8) is 0 Å². The fourth-order valence-electron chi connectivity index (χ4n) is 5.70. The number of pyridine rings is 2. The summed E-state index contributed by atoms with van der Waals surface area (Å²) in [5.74, 6) is 1.18. The van der Waals surface area contributed by atoms with Gasteiger partial charge in [-0.15, -0.1) is 0 Å². The molecule has 3 aromatic carbocycles. The molecule has 1 amide bonds. The van der Waals surface area contributed by atoms with Gasteiger partial charge in [0.15, 0.2) is 5.82 Å². The smallest absolute Gasteiger partial charge is 0.251 e. The highest BCUT2D eigenvalue weighted by Crippen LogP contribution is 2.28. The van der Waals surface area contributed by atoms with Gasteiger partial charge in [0.2, 0.25) is 0 Å². The third kappa shape index (κ3) is 10.7. The van der Waals surface area contributed by atoms with E-state index in [0.29, 0.717) is 57.6 Å². The molecule has 0 fully saturated rings. The molecule has 0 spiro atoms. The lowest BCUT2D eigenvalue weighted by Crippen LogP contribution is -2.25. The number of aromatic nitrogens is 2. The number of rotatable bonds is 20. The third-order valence-corrected chi connectivity index (χ3v) is 8.63. The molecule has 3 N–H and O–H groups in total. The first-order chi connectivity index (χ1) is 24.4. The van der Waals surface area contributed by atoms with Crippen LogP contribution in [0.15, 0.2) is 72.9 Å². The average molecular weight is 679 g/mol. The van der Waals surface area contributed by atoms with Gasteiger partial charge >= 0.3 is 0 Å². The number of carbonyl (C=O) groups excluding carboxylic acids is 1. The van der Waals surface area contributed by atoms with E-state index in [4.69, 9.17) is 24.7 Å². The van der Waals surface area contributed by atoms with Crippen LogP contribution in [-0.2, 0) is 33.7 Å². The predicted molar refractivity (Wildman–Crippen MR) is 200 cm³/mol. The summed E-state index contributed by atoms with van der Waals surface area (Å²) < 4.78 is 22.6. The molecular formula is C41H50N4O5. The van der Waals surface area contributed by atoms with E-state index in [2.05, 4.69) is 72.5 Å². The Hall–Kier alpha value is -4.57. The monoisotopic (exact) mass is 678 g/mol. The second kappa shape index (κ2) is 19.0. The number of nitrogen functional groups attached to an aromatic ring is 1. The third-order valence-electron chi connectivity index (χ3n) is 8.63. The summed E-state index contributed by atoms with van der Waals surface area (Å²) in [6.45, 7) is 10.9. The van der Waals surface area contributed by atoms with E-state index in [1.54, 1.807) is 0 Å². The van der Waals surface area contributed by atoms with Crippen molar-refractivity contribution in [1.29, 1.82) is 0 Å². The van der Waals surface area contributed by atoms with E-state index in [-0.39, 0.29) is 5.91 Å². The molecule has 0 saturated carbocycles. The minimum Gasteiger partial charge on any atom is -0.489 e. The Morgan fingerprint density at radius 2 is 1.52 bits per heavy atom. The van der Waals surface area contributed by atoms with Crippen molar-refractivity contribution < 1.29 is 23.7 Å². The molecule has 0 aliphatic carbocycles. The summed E-state index contributed by atoms with van der Waals surface area (Å²) in [5, 5.41) is 5.06. The van der Waals surface area contributed by atoms with Crippen molar-refractivity contribution in [2.45, 2.75) is 59.5 Å². The second-order valence-corrected chi connectivity index (χ2v) is 12.6. The molecule has 0 bridgehead atoms. The highest BCUT2D eigenvalue weighted by atomic mass is 16.5. The van der Waals surface area contributed by atoms with Crippen molar-refractivity contribution in [2.24, 2.45) is 0 Å². The van der Waals surface area contributed by atoms with Crippen LogP contribution in [0.4, 0.5) is 5.82 Å². The van der Waals surface area contributed by atoms with Gasteiger partial charge in [0.1, 0.15) is 17.9 Å². The summed E-state index contributed by atoms with van der Waals surface area (Å²) in [5.41, 5.74) is 14.3. The van der Waals surface area contributed by atoms with E-state index < -0.39 is 0 Å². The lowest BCUT2D eigenvalue weighted by molar-refractivity contribution is 0.0137. The normalized spacial score (nSPS) is 11.3. The van der Waals surface area contributed by atoms with Gasteiger partial charge in [-0.1, -0.05) is 43.7 Å². The Labute approximate surface area is 295 Å². The van der Waals surface area contributed by atoms with Crippen LogP contribution in [0, 0.1) is 13.8 Å². The Kier molecular flexibility index (Phi) is 13.9. The number of aryl methyl sites for hydroxylation is 4. The Bertz CT molecular complexity index is 1840. The van der Waals surface area contributed by atoms with Crippen LogP contribution in [0.5, 0.6) is 5.75 Å². The molecule has 5 rings (SSSR count). The van der Waals surface area contributed by atoms with Crippen LogP contribution >= 0.6 is 0 Å². The Balaban J connectivity index is 1.01. The van der Waals surface area contributed by atoms with Gasteiger partial charge < -0.3 is 30.0 Å². The van der Waals surface area contributed by atoms with Crippen LogP contribution in [0.3, 0.4) is 0 Å². The molecule has 0 radical (unpaired) electrons. The van der Waals surface area contributed by atoms with Crippen LogP contribution in [0.1, 0.15) is 64.4 Å². The van der Waals surface area contributed by atoms with E-state index in [1.165, 1.54) is 11.1 Å². The number of carbonyl (C=O) groups is 1. The molecule has 9 heteroatoms. The van der Waals surface area contributed by atoms with Gasteiger partial charge in [-0.25, -0.2) is 4.98 Å². The molecule has 5 aromatic rings.